The van der Waals surface area contributed by atoms with Gasteiger partial charge in [-0.05, 0) is 36.1 Å². The maximum absolute atomic E-state index is 14.3. The molecule has 1 aliphatic rings. The normalized spacial score (nSPS) is 15.8. The van der Waals surface area contributed by atoms with E-state index >= 15 is 0 Å². The highest BCUT2D eigenvalue weighted by atomic mass is 32.1. The van der Waals surface area contributed by atoms with Gasteiger partial charge in [0.2, 0.25) is 0 Å². The molecule has 1 saturated heterocycles. The number of rotatable bonds is 4. The lowest BCUT2D eigenvalue weighted by atomic mass is 10.1. The number of piperazine rings is 1. The molecule has 0 spiro atoms. The van der Waals surface area contributed by atoms with Crippen molar-refractivity contribution in [3.05, 3.63) is 58.4 Å². The Hall–Kier alpha value is -2.05. The van der Waals surface area contributed by atoms with Crippen molar-refractivity contribution in [2.75, 3.05) is 37.6 Å². The van der Waals surface area contributed by atoms with Gasteiger partial charge in [0.25, 0.3) is 0 Å². The first-order chi connectivity index (χ1) is 12.2. The van der Waals surface area contributed by atoms with E-state index < -0.39 is 11.6 Å². The molecule has 1 aromatic carbocycles. The average Bonchev–Trinajstić information content (AvgIpc) is 3.17. The summed E-state index contributed by atoms with van der Waals surface area (Å²) in [7, 11) is 0. The van der Waals surface area contributed by atoms with Gasteiger partial charge in [-0.25, -0.2) is 8.78 Å². The van der Waals surface area contributed by atoms with Crippen LogP contribution in [0.25, 0.3) is 10.9 Å². The summed E-state index contributed by atoms with van der Waals surface area (Å²) in [6.45, 7) is 4.49. The third-order valence-electron chi connectivity index (χ3n) is 4.74. The standard InChI is InChI=1S/C19H19F2N3S/c20-15-3-4-16(21)19-18(15)17(5-7-22-19)24-11-9-23(10-12-24)8-6-14-2-1-13-25-14/h1-5,7,13H,6,8-12H2. The molecular weight excluding hydrogens is 340 g/mol. The molecule has 4 rings (SSSR count). The van der Waals surface area contributed by atoms with Crippen LogP contribution >= 0.6 is 11.3 Å². The van der Waals surface area contributed by atoms with Crippen LogP contribution in [0.5, 0.6) is 0 Å². The van der Waals surface area contributed by atoms with Crippen molar-refractivity contribution in [3.8, 4) is 0 Å². The van der Waals surface area contributed by atoms with Crippen LogP contribution in [0.2, 0.25) is 0 Å². The lowest BCUT2D eigenvalue weighted by Gasteiger charge is -2.36. The number of nitrogens with zero attached hydrogens (tertiary/aromatic N) is 3. The van der Waals surface area contributed by atoms with Crippen LogP contribution < -0.4 is 4.90 Å². The molecule has 130 valence electrons. The molecule has 0 radical (unpaired) electrons. The van der Waals surface area contributed by atoms with Gasteiger partial charge in [0, 0.05) is 43.8 Å². The molecule has 0 N–H and O–H groups in total. The first-order valence-electron chi connectivity index (χ1n) is 8.45. The monoisotopic (exact) mass is 359 g/mol. The number of anilines is 1. The van der Waals surface area contributed by atoms with Crippen LogP contribution in [0.4, 0.5) is 14.5 Å². The van der Waals surface area contributed by atoms with E-state index in [1.165, 1.54) is 10.9 Å². The SMILES string of the molecule is Fc1ccc(F)c2c(N3CCN(CCc4cccs4)CC3)ccnc12. The van der Waals surface area contributed by atoms with Crippen LogP contribution in [0, 0.1) is 11.6 Å². The van der Waals surface area contributed by atoms with Crippen molar-refractivity contribution in [3.63, 3.8) is 0 Å². The fourth-order valence-electron chi connectivity index (χ4n) is 3.38. The Balaban J connectivity index is 1.47. The summed E-state index contributed by atoms with van der Waals surface area (Å²) < 4.78 is 28.2. The number of aromatic nitrogens is 1. The maximum atomic E-state index is 14.3. The first-order valence-corrected chi connectivity index (χ1v) is 9.33. The molecule has 0 bridgehead atoms. The van der Waals surface area contributed by atoms with E-state index in [0.29, 0.717) is 0 Å². The van der Waals surface area contributed by atoms with Gasteiger partial charge < -0.3 is 4.90 Å². The van der Waals surface area contributed by atoms with Gasteiger partial charge in [0.05, 0.1) is 11.1 Å². The molecule has 2 aromatic heterocycles. The van der Waals surface area contributed by atoms with Crippen molar-refractivity contribution >= 4 is 27.9 Å². The zero-order chi connectivity index (χ0) is 17.2. The predicted octanol–water partition coefficient (Wildman–Crippen LogP) is 3.94. The highest BCUT2D eigenvalue weighted by Crippen LogP contribution is 2.30. The number of pyridine rings is 1. The third kappa shape index (κ3) is 3.37. The van der Waals surface area contributed by atoms with Crippen LogP contribution in [-0.2, 0) is 6.42 Å². The Morgan fingerprint density at radius 1 is 1.00 bits per heavy atom. The van der Waals surface area contributed by atoms with Crippen LogP contribution in [0.3, 0.4) is 0 Å². The molecule has 0 aliphatic carbocycles. The molecule has 0 saturated carbocycles. The number of hydrogen-bond acceptors (Lipinski definition) is 4. The summed E-state index contributed by atoms with van der Waals surface area (Å²) in [4.78, 5) is 9.98. The van der Waals surface area contributed by atoms with Crippen molar-refractivity contribution in [2.24, 2.45) is 0 Å². The van der Waals surface area contributed by atoms with E-state index in [0.717, 1.165) is 50.9 Å². The van der Waals surface area contributed by atoms with Crippen molar-refractivity contribution in [1.82, 2.24) is 9.88 Å². The van der Waals surface area contributed by atoms with Crippen LogP contribution in [0.15, 0.2) is 41.9 Å². The summed E-state index contributed by atoms with van der Waals surface area (Å²) in [5, 5.41) is 2.39. The minimum atomic E-state index is -0.479. The fraction of sp³-hybridized carbons (Fsp3) is 0.316. The van der Waals surface area contributed by atoms with Gasteiger partial charge in [-0.3, -0.25) is 9.88 Å². The Morgan fingerprint density at radius 3 is 2.56 bits per heavy atom. The van der Waals surface area contributed by atoms with Gasteiger partial charge >= 0.3 is 0 Å². The maximum Gasteiger partial charge on any atom is 0.149 e. The highest BCUT2D eigenvalue weighted by molar-refractivity contribution is 7.09. The van der Waals surface area contributed by atoms with E-state index in [4.69, 9.17) is 0 Å². The molecule has 1 aliphatic heterocycles. The zero-order valence-electron chi connectivity index (χ0n) is 13.8. The summed E-state index contributed by atoms with van der Waals surface area (Å²) in [5.41, 5.74) is 0.845. The van der Waals surface area contributed by atoms with Gasteiger partial charge in [0.1, 0.15) is 17.2 Å². The summed E-state index contributed by atoms with van der Waals surface area (Å²) in [5.74, 6) is -0.896. The second-order valence-electron chi connectivity index (χ2n) is 6.24. The van der Waals surface area contributed by atoms with E-state index in [1.54, 1.807) is 23.6 Å². The molecule has 6 heteroatoms. The molecule has 25 heavy (non-hydrogen) atoms. The van der Waals surface area contributed by atoms with E-state index in [-0.39, 0.29) is 10.9 Å². The Morgan fingerprint density at radius 2 is 1.80 bits per heavy atom. The second kappa shape index (κ2) is 7.06. The van der Waals surface area contributed by atoms with Gasteiger partial charge in [-0.1, -0.05) is 6.07 Å². The van der Waals surface area contributed by atoms with Gasteiger partial charge in [-0.2, -0.15) is 0 Å². The number of fused-ring (bicyclic) bond motifs is 1. The topological polar surface area (TPSA) is 19.4 Å². The van der Waals surface area contributed by atoms with Gasteiger partial charge in [0.15, 0.2) is 0 Å². The van der Waals surface area contributed by atoms with Gasteiger partial charge in [-0.15, -0.1) is 11.3 Å². The summed E-state index contributed by atoms with van der Waals surface area (Å²) in [6.07, 6.45) is 2.62. The number of thiophene rings is 1. The summed E-state index contributed by atoms with van der Waals surface area (Å²) >= 11 is 1.79. The quantitative estimate of drug-likeness (QED) is 0.703. The number of halogens is 2. The van der Waals surface area contributed by atoms with Crippen molar-refractivity contribution in [1.29, 1.82) is 0 Å². The minimum absolute atomic E-state index is 0.109. The molecule has 3 nitrogen and oxygen atoms in total. The smallest absolute Gasteiger partial charge is 0.149 e. The molecule has 0 amide bonds. The van der Waals surface area contributed by atoms with E-state index in [1.807, 2.05) is 0 Å². The summed E-state index contributed by atoms with van der Waals surface area (Å²) in [6, 6.07) is 8.35. The fourth-order valence-corrected chi connectivity index (χ4v) is 4.07. The molecular formula is C19H19F2N3S. The largest absolute Gasteiger partial charge is 0.368 e. The Labute approximate surface area is 149 Å². The lowest BCUT2D eigenvalue weighted by molar-refractivity contribution is 0.261. The van der Waals surface area contributed by atoms with E-state index in [9.17, 15) is 8.78 Å². The molecule has 3 aromatic rings. The third-order valence-corrected chi connectivity index (χ3v) is 5.67. The Kier molecular flexibility index (Phi) is 4.63. The predicted molar refractivity (Wildman–Crippen MR) is 98.3 cm³/mol. The molecule has 1 fully saturated rings. The highest BCUT2D eigenvalue weighted by Gasteiger charge is 2.21. The van der Waals surface area contributed by atoms with Crippen LogP contribution in [0.1, 0.15) is 4.88 Å². The Bertz CT molecular complexity index is 858. The average molecular weight is 359 g/mol. The van der Waals surface area contributed by atoms with Crippen LogP contribution in [-0.4, -0.2) is 42.6 Å². The molecule has 0 atom stereocenters. The van der Waals surface area contributed by atoms with Crippen molar-refractivity contribution in [2.45, 2.75) is 6.42 Å². The number of hydrogen-bond donors (Lipinski definition) is 0. The lowest BCUT2D eigenvalue weighted by Crippen LogP contribution is -2.47. The molecule has 0 unspecified atom stereocenters. The first kappa shape index (κ1) is 16.4. The molecule has 3 heterocycles. The van der Waals surface area contributed by atoms with Crippen molar-refractivity contribution < 1.29 is 8.78 Å². The minimum Gasteiger partial charge on any atom is -0.368 e. The second-order valence-corrected chi connectivity index (χ2v) is 7.27. The number of benzene rings is 1. The zero-order valence-corrected chi connectivity index (χ0v) is 14.6. The van der Waals surface area contributed by atoms with E-state index in [2.05, 4.69) is 32.3 Å².